The zero-order valence-corrected chi connectivity index (χ0v) is 17.0. The minimum absolute atomic E-state index is 0.198. The van der Waals surface area contributed by atoms with Crippen LogP contribution in [0.25, 0.3) is 0 Å². The Bertz CT molecular complexity index is 816. The molecule has 0 heterocycles. The number of hydrazine groups is 1. The molecule has 6 nitrogen and oxygen atoms in total. The van der Waals surface area contributed by atoms with Crippen LogP contribution in [0.3, 0.4) is 0 Å². The van der Waals surface area contributed by atoms with Crippen LogP contribution >= 0.6 is 0 Å². The number of ether oxygens (including phenoxy) is 2. The summed E-state index contributed by atoms with van der Waals surface area (Å²) in [6.45, 7) is 9.54. The first-order chi connectivity index (χ1) is 13.3. The smallest absolute Gasteiger partial charge is 0.279 e. The lowest BCUT2D eigenvalue weighted by molar-refractivity contribution is -0.133. The summed E-state index contributed by atoms with van der Waals surface area (Å²) in [4.78, 5) is 24.0. The highest BCUT2D eigenvalue weighted by Gasteiger charge is 2.16. The van der Waals surface area contributed by atoms with Gasteiger partial charge in [-0.2, -0.15) is 0 Å². The van der Waals surface area contributed by atoms with Crippen LogP contribution in [0.2, 0.25) is 0 Å². The number of amides is 2. The van der Waals surface area contributed by atoms with E-state index in [0.717, 1.165) is 11.1 Å². The maximum absolute atomic E-state index is 12.1. The molecule has 2 aromatic rings. The average molecular weight is 384 g/mol. The number of carbonyl (C=O) groups is 2. The van der Waals surface area contributed by atoms with Crippen molar-refractivity contribution in [3.8, 4) is 11.5 Å². The Morgan fingerprint density at radius 1 is 0.964 bits per heavy atom. The fraction of sp³-hybridized carbons (Fsp3) is 0.364. The number of carbonyl (C=O) groups excluding carboxylic acids is 2. The summed E-state index contributed by atoms with van der Waals surface area (Å²) in [5.74, 6) is 0.756. The van der Waals surface area contributed by atoms with Crippen LogP contribution in [0.15, 0.2) is 42.5 Å². The van der Waals surface area contributed by atoms with Crippen molar-refractivity contribution in [3.63, 3.8) is 0 Å². The summed E-state index contributed by atoms with van der Waals surface area (Å²) in [5, 5.41) is 0. The molecule has 0 aromatic heterocycles. The van der Waals surface area contributed by atoms with Crippen molar-refractivity contribution < 1.29 is 19.1 Å². The third-order valence-corrected chi connectivity index (χ3v) is 4.47. The first-order valence-electron chi connectivity index (χ1n) is 9.32. The maximum Gasteiger partial charge on any atom is 0.279 e. The van der Waals surface area contributed by atoms with Crippen molar-refractivity contribution in [2.45, 2.75) is 46.6 Å². The Morgan fingerprint density at radius 3 is 2.29 bits per heavy atom. The molecule has 28 heavy (non-hydrogen) atoms. The molecule has 0 spiro atoms. The largest absolute Gasteiger partial charge is 0.483 e. The summed E-state index contributed by atoms with van der Waals surface area (Å²) in [6.07, 6.45) is -0.759. The number of benzene rings is 2. The number of rotatable bonds is 7. The predicted molar refractivity (Wildman–Crippen MR) is 108 cm³/mol. The lowest BCUT2D eigenvalue weighted by atomic mass is 10.0. The lowest BCUT2D eigenvalue weighted by Crippen LogP contribution is -2.48. The van der Waals surface area contributed by atoms with E-state index in [1.165, 1.54) is 5.56 Å². The molecule has 0 fully saturated rings. The molecule has 2 aromatic carbocycles. The van der Waals surface area contributed by atoms with Crippen molar-refractivity contribution >= 4 is 11.8 Å². The van der Waals surface area contributed by atoms with Crippen molar-refractivity contribution in [3.05, 3.63) is 59.2 Å². The molecular formula is C22H28N2O4. The third-order valence-electron chi connectivity index (χ3n) is 4.47. The normalized spacial score (nSPS) is 11.6. The number of hydrogen-bond acceptors (Lipinski definition) is 4. The van der Waals surface area contributed by atoms with Crippen LogP contribution in [0.4, 0.5) is 0 Å². The fourth-order valence-electron chi connectivity index (χ4n) is 2.48. The Kier molecular flexibility index (Phi) is 7.44. The quantitative estimate of drug-likeness (QED) is 0.717. The lowest BCUT2D eigenvalue weighted by Gasteiger charge is -2.16. The van der Waals surface area contributed by atoms with Gasteiger partial charge < -0.3 is 9.47 Å². The van der Waals surface area contributed by atoms with Gasteiger partial charge in [0.1, 0.15) is 11.5 Å². The minimum atomic E-state index is -0.759. The van der Waals surface area contributed by atoms with E-state index in [1.807, 2.05) is 50.2 Å². The second-order valence-electron chi connectivity index (χ2n) is 7.01. The summed E-state index contributed by atoms with van der Waals surface area (Å²) in [7, 11) is 0. The van der Waals surface area contributed by atoms with Gasteiger partial charge in [0.05, 0.1) is 0 Å². The van der Waals surface area contributed by atoms with Gasteiger partial charge in [0, 0.05) is 0 Å². The van der Waals surface area contributed by atoms with E-state index in [-0.39, 0.29) is 6.61 Å². The van der Waals surface area contributed by atoms with Gasteiger partial charge in [0.2, 0.25) is 0 Å². The molecule has 2 rings (SSSR count). The van der Waals surface area contributed by atoms with Crippen LogP contribution < -0.4 is 20.3 Å². The van der Waals surface area contributed by atoms with Gasteiger partial charge in [0.15, 0.2) is 12.7 Å². The van der Waals surface area contributed by atoms with Crippen LogP contribution in [0.1, 0.15) is 43.4 Å². The Morgan fingerprint density at radius 2 is 1.64 bits per heavy atom. The molecule has 6 heteroatoms. The van der Waals surface area contributed by atoms with E-state index in [0.29, 0.717) is 17.4 Å². The molecule has 0 aliphatic rings. The SMILES string of the molecule is Cc1cccc(OCC(=O)NNC(=O)C(C)Oc2ccc(C(C)C)cc2)c1C. The third kappa shape index (κ3) is 6.01. The molecule has 0 radical (unpaired) electrons. The highest BCUT2D eigenvalue weighted by molar-refractivity contribution is 5.85. The maximum atomic E-state index is 12.1. The monoisotopic (exact) mass is 384 g/mol. The van der Waals surface area contributed by atoms with Crippen LogP contribution in [0.5, 0.6) is 11.5 Å². The highest BCUT2D eigenvalue weighted by atomic mass is 16.5. The van der Waals surface area contributed by atoms with Crippen molar-refractivity contribution in [2.75, 3.05) is 6.61 Å². The number of aryl methyl sites for hydroxylation is 1. The van der Waals surface area contributed by atoms with E-state index >= 15 is 0 Å². The van der Waals surface area contributed by atoms with Crippen LogP contribution in [-0.4, -0.2) is 24.5 Å². The highest BCUT2D eigenvalue weighted by Crippen LogP contribution is 2.20. The van der Waals surface area contributed by atoms with Crippen molar-refractivity contribution in [1.82, 2.24) is 10.9 Å². The number of hydrogen-bond donors (Lipinski definition) is 2. The Labute approximate surface area is 166 Å². The molecule has 0 saturated carbocycles. The average Bonchev–Trinajstić information content (AvgIpc) is 2.67. The van der Waals surface area contributed by atoms with Gasteiger partial charge in [-0.15, -0.1) is 0 Å². The van der Waals surface area contributed by atoms with Crippen LogP contribution in [-0.2, 0) is 9.59 Å². The molecule has 2 amide bonds. The van der Waals surface area contributed by atoms with E-state index in [2.05, 4.69) is 24.7 Å². The summed E-state index contributed by atoms with van der Waals surface area (Å²) in [6, 6.07) is 13.2. The zero-order valence-electron chi connectivity index (χ0n) is 17.0. The zero-order chi connectivity index (χ0) is 20.7. The van der Waals surface area contributed by atoms with E-state index in [4.69, 9.17) is 9.47 Å². The summed E-state index contributed by atoms with van der Waals surface area (Å²) < 4.78 is 11.1. The van der Waals surface area contributed by atoms with Crippen molar-refractivity contribution in [2.24, 2.45) is 0 Å². The predicted octanol–water partition coefficient (Wildman–Crippen LogP) is 3.42. The molecular weight excluding hydrogens is 356 g/mol. The number of nitrogens with one attached hydrogen (secondary N) is 2. The van der Waals surface area contributed by atoms with Crippen LogP contribution in [0, 0.1) is 13.8 Å². The molecule has 0 bridgehead atoms. The van der Waals surface area contributed by atoms with Gasteiger partial charge in [-0.1, -0.05) is 38.1 Å². The van der Waals surface area contributed by atoms with E-state index in [9.17, 15) is 9.59 Å². The molecule has 1 unspecified atom stereocenters. The topological polar surface area (TPSA) is 76.7 Å². The molecule has 0 aliphatic heterocycles. The van der Waals surface area contributed by atoms with E-state index < -0.39 is 17.9 Å². The van der Waals surface area contributed by atoms with Crippen molar-refractivity contribution in [1.29, 1.82) is 0 Å². The van der Waals surface area contributed by atoms with E-state index in [1.54, 1.807) is 13.0 Å². The molecule has 0 aliphatic carbocycles. The van der Waals surface area contributed by atoms with Gasteiger partial charge >= 0.3 is 0 Å². The summed E-state index contributed by atoms with van der Waals surface area (Å²) >= 11 is 0. The molecule has 150 valence electrons. The van der Waals surface area contributed by atoms with Gasteiger partial charge in [0.25, 0.3) is 11.8 Å². The minimum Gasteiger partial charge on any atom is -0.483 e. The fourth-order valence-corrected chi connectivity index (χ4v) is 2.48. The summed E-state index contributed by atoms with van der Waals surface area (Å²) in [5.41, 5.74) is 7.94. The van der Waals surface area contributed by atoms with Gasteiger partial charge in [-0.25, -0.2) is 0 Å². The second kappa shape index (κ2) is 9.78. The molecule has 0 saturated heterocycles. The first kappa shape index (κ1) is 21.3. The molecule has 1 atom stereocenters. The first-order valence-corrected chi connectivity index (χ1v) is 9.32. The standard InChI is InChI=1S/C22H28N2O4/c1-14(2)18-9-11-19(12-10-18)28-17(5)22(26)24-23-21(25)13-27-20-8-6-7-15(3)16(20)4/h6-12,14,17H,13H2,1-5H3,(H,23,25)(H,24,26). The Hall–Kier alpha value is -3.02. The molecule has 2 N–H and O–H groups in total. The van der Waals surface area contributed by atoms with Gasteiger partial charge in [-0.05, 0) is 61.6 Å². The Balaban J connectivity index is 1.77. The second-order valence-corrected chi connectivity index (χ2v) is 7.01. The van der Waals surface area contributed by atoms with Gasteiger partial charge in [-0.3, -0.25) is 20.4 Å².